The average Bonchev–Trinajstić information content (AvgIpc) is 2.66. The maximum atomic E-state index is 14.9. The summed E-state index contributed by atoms with van der Waals surface area (Å²) in [6.07, 6.45) is -5.28. The molecule has 30 heavy (non-hydrogen) atoms. The molecular formula is C19H11F7N2O2. The number of alkyl halides is 3. The van der Waals surface area contributed by atoms with E-state index in [1.54, 1.807) is 0 Å². The van der Waals surface area contributed by atoms with E-state index in [0.29, 0.717) is 0 Å². The summed E-state index contributed by atoms with van der Waals surface area (Å²) in [5.74, 6) is -10.9. The van der Waals surface area contributed by atoms with Gasteiger partial charge in [0.15, 0.2) is 34.7 Å². The normalized spacial score (nSPS) is 11.4. The van der Waals surface area contributed by atoms with Gasteiger partial charge in [0.05, 0.1) is 11.4 Å². The molecule has 0 atom stereocenters. The highest BCUT2D eigenvalue weighted by Crippen LogP contribution is 2.45. The Balaban J connectivity index is 2.17. The zero-order valence-corrected chi connectivity index (χ0v) is 14.7. The molecule has 0 aliphatic rings. The van der Waals surface area contributed by atoms with Crippen LogP contribution in [0.15, 0.2) is 42.5 Å². The highest BCUT2D eigenvalue weighted by Gasteiger charge is 2.39. The van der Waals surface area contributed by atoms with Gasteiger partial charge in [-0.25, -0.2) is 13.2 Å². The zero-order chi connectivity index (χ0) is 22.2. The minimum absolute atomic E-state index is 0.123. The molecule has 0 bridgehead atoms. The van der Waals surface area contributed by atoms with Crippen molar-refractivity contribution in [1.29, 1.82) is 0 Å². The van der Waals surface area contributed by atoms with Crippen LogP contribution < -0.4 is 20.9 Å². The summed E-state index contributed by atoms with van der Waals surface area (Å²) in [5, 5.41) is 0. The van der Waals surface area contributed by atoms with E-state index in [-0.39, 0.29) is 6.07 Å². The summed E-state index contributed by atoms with van der Waals surface area (Å²) in [4.78, 5) is 0. The van der Waals surface area contributed by atoms with Gasteiger partial charge in [-0.1, -0.05) is 12.1 Å². The van der Waals surface area contributed by atoms with Crippen LogP contribution in [-0.4, -0.2) is 0 Å². The van der Waals surface area contributed by atoms with Crippen LogP contribution in [-0.2, 0) is 6.18 Å². The Morgan fingerprint density at radius 2 is 1.13 bits per heavy atom. The van der Waals surface area contributed by atoms with Gasteiger partial charge >= 0.3 is 6.18 Å². The number of rotatable bonds is 4. The molecular weight excluding hydrogens is 421 g/mol. The first kappa shape index (κ1) is 21.1. The lowest BCUT2D eigenvalue weighted by Gasteiger charge is -2.18. The van der Waals surface area contributed by atoms with Crippen LogP contribution in [0, 0.1) is 23.3 Å². The Labute approximate surface area is 164 Å². The van der Waals surface area contributed by atoms with Gasteiger partial charge in [-0.3, -0.25) is 0 Å². The number of nitrogen functional groups attached to an aromatic ring is 2. The number of anilines is 2. The van der Waals surface area contributed by atoms with Crippen LogP contribution in [0.1, 0.15) is 5.56 Å². The maximum Gasteiger partial charge on any atom is 0.420 e. The first-order valence-electron chi connectivity index (χ1n) is 8.03. The summed E-state index contributed by atoms with van der Waals surface area (Å²) >= 11 is 0. The Bertz CT molecular complexity index is 1120. The van der Waals surface area contributed by atoms with Gasteiger partial charge in [0.1, 0.15) is 5.56 Å². The molecule has 0 unspecified atom stereocenters. The SMILES string of the molecule is Nc1cccc(Oc2c(F)cc(C(F)(F)F)c(Oc3cccc(N)c3F)c2F)c1F. The van der Waals surface area contributed by atoms with Crippen LogP contribution in [0.2, 0.25) is 0 Å². The lowest BCUT2D eigenvalue weighted by molar-refractivity contribution is -0.139. The van der Waals surface area contributed by atoms with Gasteiger partial charge in [0, 0.05) is 0 Å². The first-order valence-corrected chi connectivity index (χ1v) is 8.03. The lowest BCUT2D eigenvalue weighted by Crippen LogP contribution is -2.11. The van der Waals surface area contributed by atoms with Gasteiger partial charge in [0.25, 0.3) is 0 Å². The summed E-state index contributed by atoms with van der Waals surface area (Å²) in [6.45, 7) is 0. The van der Waals surface area contributed by atoms with Crippen molar-refractivity contribution in [2.45, 2.75) is 6.18 Å². The minimum atomic E-state index is -5.28. The third-order valence-corrected chi connectivity index (χ3v) is 3.85. The number of halogens is 7. The molecule has 4 nitrogen and oxygen atoms in total. The average molecular weight is 432 g/mol. The quantitative estimate of drug-likeness (QED) is 0.391. The molecule has 0 aliphatic heterocycles. The van der Waals surface area contributed by atoms with Crippen molar-refractivity contribution in [3.63, 3.8) is 0 Å². The molecule has 0 amide bonds. The van der Waals surface area contributed by atoms with Crippen molar-refractivity contribution in [2.24, 2.45) is 0 Å². The number of hydrogen-bond acceptors (Lipinski definition) is 4. The third-order valence-electron chi connectivity index (χ3n) is 3.85. The Morgan fingerprint density at radius 1 is 0.667 bits per heavy atom. The minimum Gasteiger partial charge on any atom is -0.450 e. The fourth-order valence-corrected chi connectivity index (χ4v) is 2.42. The standard InChI is InChI=1S/C19H11F7N2O2/c20-9-7-8(19(24,25)26)17(29-12-5-1-3-10(27)14(12)21)16(23)18(9)30-13-6-2-4-11(28)15(13)22/h1-7H,27-28H2. The van der Waals surface area contributed by atoms with E-state index in [4.69, 9.17) is 20.9 Å². The predicted molar refractivity (Wildman–Crippen MR) is 93.1 cm³/mol. The predicted octanol–water partition coefficient (Wildman–Crippen LogP) is 6.01. The third kappa shape index (κ3) is 3.91. The summed E-state index contributed by atoms with van der Waals surface area (Å²) in [7, 11) is 0. The molecule has 158 valence electrons. The van der Waals surface area contributed by atoms with Gasteiger partial charge in [0.2, 0.25) is 11.6 Å². The van der Waals surface area contributed by atoms with Crippen molar-refractivity contribution >= 4 is 11.4 Å². The number of nitrogens with two attached hydrogens (primary N) is 2. The van der Waals surface area contributed by atoms with Crippen molar-refractivity contribution < 1.29 is 40.2 Å². The summed E-state index contributed by atoms with van der Waals surface area (Å²) in [6, 6.07) is 6.24. The number of benzene rings is 3. The fourth-order valence-electron chi connectivity index (χ4n) is 2.42. The highest BCUT2D eigenvalue weighted by molar-refractivity contribution is 5.53. The van der Waals surface area contributed by atoms with Gasteiger partial charge < -0.3 is 20.9 Å². The van der Waals surface area contributed by atoms with E-state index >= 15 is 0 Å². The molecule has 0 saturated carbocycles. The first-order chi connectivity index (χ1) is 14.0. The van der Waals surface area contributed by atoms with Crippen LogP contribution >= 0.6 is 0 Å². The molecule has 0 aromatic heterocycles. The van der Waals surface area contributed by atoms with Gasteiger partial charge in [-0.2, -0.15) is 17.6 Å². The van der Waals surface area contributed by atoms with E-state index in [2.05, 4.69) is 0 Å². The van der Waals surface area contributed by atoms with Crippen LogP contribution in [0.3, 0.4) is 0 Å². The number of hydrogen-bond donors (Lipinski definition) is 2. The van der Waals surface area contributed by atoms with Crippen LogP contribution in [0.25, 0.3) is 0 Å². The Hall–Kier alpha value is -3.63. The molecule has 3 rings (SSSR count). The second-order valence-corrected chi connectivity index (χ2v) is 5.90. The van der Waals surface area contributed by atoms with E-state index in [1.165, 1.54) is 6.07 Å². The Morgan fingerprint density at radius 3 is 1.60 bits per heavy atom. The maximum absolute atomic E-state index is 14.9. The van der Waals surface area contributed by atoms with Crippen molar-refractivity contribution in [3.05, 3.63) is 71.3 Å². The highest BCUT2D eigenvalue weighted by atomic mass is 19.4. The van der Waals surface area contributed by atoms with E-state index in [9.17, 15) is 30.7 Å². The molecule has 0 spiro atoms. The van der Waals surface area contributed by atoms with Gasteiger partial charge in [-0.15, -0.1) is 0 Å². The van der Waals surface area contributed by atoms with E-state index in [0.717, 1.165) is 30.3 Å². The van der Waals surface area contributed by atoms with Crippen molar-refractivity contribution in [1.82, 2.24) is 0 Å². The second-order valence-electron chi connectivity index (χ2n) is 5.90. The molecule has 3 aromatic rings. The molecule has 0 radical (unpaired) electrons. The monoisotopic (exact) mass is 432 g/mol. The molecule has 0 aliphatic carbocycles. The van der Waals surface area contributed by atoms with E-state index < -0.39 is 69.4 Å². The van der Waals surface area contributed by atoms with Crippen LogP contribution in [0.5, 0.6) is 23.0 Å². The van der Waals surface area contributed by atoms with Crippen LogP contribution in [0.4, 0.5) is 42.1 Å². The van der Waals surface area contributed by atoms with E-state index in [1.807, 2.05) is 0 Å². The Kier molecular flexibility index (Phi) is 5.38. The molecule has 0 heterocycles. The molecule has 4 N–H and O–H groups in total. The van der Waals surface area contributed by atoms with Crippen molar-refractivity contribution in [3.8, 4) is 23.0 Å². The zero-order valence-electron chi connectivity index (χ0n) is 14.7. The molecule has 3 aromatic carbocycles. The summed E-state index contributed by atoms with van der Waals surface area (Å²) < 4.78 is 107. The van der Waals surface area contributed by atoms with Crippen molar-refractivity contribution in [2.75, 3.05) is 11.5 Å². The largest absolute Gasteiger partial charge is 0.450 e. The topological polar surface area (TPSA) is 70.5 Å². The van der Waals surface area contributed by atoms with Gasteiger partial charge in [-0.05, 0) is 30.3 Å². The molecule has 0 saturated heterocycles. The second kappa shape index (κ2) is 7.65. The smallest absolute Gasteiger partial charge is 0.420 e. The fraction of sp³-hybridized carbons (Fsp3) is 0.0526. The number of ether oxygens (including phenoxy) is 2. The molecule has 0 fully saturated rings. The summed E-state index contributed by atoms with van der Waals surface area (Å²) in [5.41, 5.74) is 7.83. The lowest BCUT2D eigenvalue weighted by atomic mass is 10.1. The molecule has 11 heteroatoms.